The van der Waals surface area contributed by atoms with E-state index in [1.807, 2.05) is 0 Å². The van der Waals surface area contributed by atoms with E-state index in [-0.39, 0.29) is 11.9 Å². The first-order valence-corrected chi connectivity index (χ1v) is 6.57. The average Bonchev–Trinajstić information content (AvgIpc) is 2.57. The zero-order valence-corrected chi connectivity index (χ0v) is 10.6. The molecule has 0 unspecified atom stereocenters. The number of halogens is 1. The van der Waals surface area contributed by atoms with Gasteiger partial charge < -0.3 is 15.4 Å². The molecular formula is C14H19FN2O. The standard InChI is InChI=1S/C14H19FN2O/c1-17-10-3-4-11(17)8-12(7-10)18-14-5-2-9(16)6-13(14)15/h2,5-6,10-12H,3-4,7-8,16H2,1H3/t10-,11+,12+. The molecule has 3 atom stereocenters. The summed E-state index contributed by atoms with van der Waals surface area (Å²) in [6, 6.07) is 5.84. The monoisotopic (exact) mass is 250 g/mol. The molecular weight excluding hydrogens is 231 g/mol. The summed E-state index contributed by atoms with van der Waals surface area (Å²) in [5.41, 5.74) is 5.96. The van der Waals surface area contributed by atoms with Crippen LogP contribution in [0.1, 0.15) is 25.7 Å². The summed E-state index contributed by atoms with van der Waals surface area (Å²) in [6.07, 6.45) is 4.61. The van der Waals surface area contributed by atoms with Crippen LogP contribution in [0.5, 0.6) is 5.75 Å². The predicted molar refractivity (Wildman–Crippen MR) is 69.0 cm³/mol. The molecule has 3 nitrogen and oxygen atoms in total. The van der Waals surface area contributed by atoms with Crippen molar-refractivity contribution in [1.29, 1.82) is 0 Å². The first-order valence-electron chi connectivity index (χ1n) is 6.57. The van der Waals surface area contributed by atoms with Crippen LogP contribution in [0, 0.1) is 5.82 Å². The van der Waals surface area contributed by atoms with Gasteiger partial charge in [-0.15, -0.1) is 0 Å². The van der Waals surface area contributed by atoms with Crippen LogP contribution >= 0.6 is 0 Å². The van der Waals surface area contributed by atoms with E-state index < -0.39 is 0 Å². The normalized spacial score (nSPS) is 31.6. The number of nitrogen functional groups attached to an aromatic ring is 1. The fraction of sp³-hybridized carbons (Fsp3) is 0.571. The molecule has 2 N–H and O–H groups in total. The molecule has 0 saturated carbocycles. The number of nitrogens with two attached hydrogens (primary N) is 1. The van der Waals surface area contributed by atoms with Gasteiger partial charge in [0, 0.05) is 23.8 Å². The van der Waals surface area contributed by atoms with Crippen molar-refractivity contribution in [2.75, 3.05) is 12.8 Å². The van der Waals surface area contributed by atoms with Gasteiger partial charge in [0.1, 0.15) is 6.10 Å². The van der Waals surface area contributed by atoms with Gasteiger partial charge in [-0.25, -0.2) is 4.39 Å². The topological polar surface area (TPSA) is 38.5 Å². The number of hydrogen-bond acceptors (Lipinski definition) is 3. The molecule has 2 aliphatic heterocycles. The Hall–Kier alpha value is -1.29. The second-order valence-electron chi connectivity index (χ2n) is 5.45. The first kappa shape index (κ1) is 11.8. The van der Waals surface area contributed by atoms with Crippen molar-refractivity contribution in [2.45, 2.75) is 43.9 Å². The van der Waals surface area contributed by atoms with E-state index in [1.165, 1.54) is 18.9 Å². The predicted octanol–water partition coefficient (Wildman–Crippen LogP) is 2.41. The molecule has 98 valence electrons. The minimum Gasteiger partial charge on any atom is -0.487 e. The minimum absolute atomic E-state index is 0.136. The fourth-order valence-corrected chi connectivity index (χ4v) is 3.25. The lowest BCUT2D eigenvalue weighted by Crippen LogP contribution is -2.43. The highest BCUT2D eigenvalue weighted by atomic mass is 19.1. The second-order valence-corrected chi connectivity index (χ2v) is 5.45. The van der Waals surface area contributed by atoms with E-state index in [9.17, 15) is 4.39 Å². The van der Waals surface area contributed by atoms with Crippen LogP contribution in [-0.2, 0) is 0 Å². The van der Waals surface area contributed by atoms with Crippen molar-refractivity contribution in [2.24, 2.45) is 0 Å². The van der Waals surface area contributed by atoms with Crippen LogP contribution < -0.4 is 10.5 Å². The molecule has 4 heteroatoms. The SMILES string of the molecule is CN1[C@@H]2CC[C@H]1C[C@@H](Oc1ccc(N)cc1F)C2. The van der Waals surface area contributed by atoms with Gasteiger partial charge in [-0.1, -0.05) is 0 Å². The molecule has 2 fully saturated rings. The van der Waals surface area contributed by atoms with Gasteiger partial charge in [-0.3, -0.25) is 0 Å². The largest absolute Gasteiger partial charge is 0.487 e. The number of rotatable bonds is 2. The van der Waals surface area contributed by atoms with Gasteiger partial charge in [0.2, 0.25) is 0 Å². The molecule has 0 amide bonds. The molecule has 18 heavy (non-hydrogen) atoms. The Labute approximate surface area is 107 Å². The van der Waals surface area contributed by atoms with Crippen molar-refractivity contribution < 1.29 is 9.13 Å². The number of anilines is 1. The number of ether oxygens (including phenoxy) is 1. The summed E-state index contributed by atoms with van der Waals surface area (Å²) in [5, 5.41) is 0. The molecule has 2 bridgehead atoms. The highest BCUT2D eigenvalue weighted by Crippen LogP contribution is 2.36. The van der Waals surface area contributed by atoms with Crippen LogP contribution in [0.25, 0.3) is 0 Å². The molecule has 2 heterocycles. The first-order chi connectivity index (χ1) is 8.63. The van der Waals surface area contributed by atoms with Gasteiger partial charge in [-0.2, -0.15) is 0 Å². The number of piperidine rings is 1. The summed E-state index contributed by atoms with van der Waals surface area (Å²) in [6.45, 7) is 0. The van der Waals surface area contributed by atoms with E-state index >= 15 is 0 Å². The van der Waals surface area contributed by atoms with Crippen LogP contribution in [-0.4, -0.2) is 30.1 Å². The highest BCUT2D eigenvalue weighted by molar-refractivity contribution is 5.42. The van der Waals surface area contributed by atoms with E-state index in [1.54, 1.807) is 12.1 Å². The maximum Gasteiger partial charge on any atom is 0.167 e. The van der Waals surface area contributed by atoms with Crippen molar-refractivity contribution in [3.63, 3.8) is 0 Å². The lowest BCUT2D eigenvalue weighted by atomic mass is 10.0. The molecule has 0 aromatic heterocycles. The van der Waals surface area contributed by atoms with Gasteiger partial charge in [0.15, 0.2) is 11.6 Å². The maximum absolute atomic E-state index is 13.7. The van der Waals surface area contributed by atoms with Crippen LogP contribution in [0.2, 0.25) is 0 Å². The Bertz CT molecular complexity index is 437. The third-order valence-electron chi connectivity index (χ3n) is 4.30. The van der Waals surface area contributed by atoms with E-state index in [0.717, 1.165) is 12.8 Å². The maximum atomic E-state index is 13.7. The number of hydrogen-bond donors (Lipinski definition) is 1. The zero-order chi connectivity index (χ0) is 12.7. The Morgan fingerprint density at radius 3 is 2.56 bits per heavy atom. The summed E-state index contributed by atoms with van der Waals surface area (Å²) in [5.74, 6) is -0.0283. The number of fused-ring (bicyclic) bond motifs is 2. The lowest BCUT2D eigenvalue weighted by molar-refractivity contribution is 0.0636. The molecule has 0 radical (unpaired) electrons. The van der Waals surface area contributed by atoms with E-state index in [4.69, 9.17) is 10.5 Å². The molecule has 0 spiro atoms. The Morgan fingerprint density at radius 1 is 1.28 bits per heavy atom. The summed E-state index contributed by atoms with van der Waals surface area (Å²) in [7, 11) is 2.18. The van der Waals surface area contributed by atoms with Crippen molar-refractivity contribution >= 4 is 5.69 Å². The van der Waals surface area contributed by atoms with E-state index in [0.29, 0.717) is 23.5 Å². The highest BCUT2D eigenvalue weighted by Gasteiger charge is 2.39. The molecule has 1 aromatic carbocycles. The molecule has 2 saturated heterocycles. The van der Waals surface area contributed by atoms with Crippen molar-refractivity contribution in [1.82, 2.24) is 4.90 Å². The van der Waals surface area contributed by atoms with Gasteiger partial charge in [0.25, 0.3) is 0 Å². The van der Waals surface area contributed by atoms with E-state index in [2.05, 4.69) is 11.9 Å². The second kappa shape index (κ2) is 4.43. The minimum atomic E-state index is -0.360. The number of benzene rings is 1. The Balaban J connectivity index is 1.70. The Morgan fingerprint density at radius 2 is 1.94 bits per heavy atom. The van der Waals surface area contributed by atoms with Crippen LogP contribution in [0.3, 0.4) is 0 Å². The molecule has 0 aliphatic carbocycles. The third kappa shape index (κ3) is 2.05. The molecule has 1 aromatic rings. The van der Waals surface area contributed by atoms with Crippen LogP contribution in [0.15, 0.2) is 18.2 Å². The summed E-state index contributed by atoms with van der Waals surface area (Å²) in [4.78, 5) is 2.44. The van der Waals surface area contributed by atoms with Crippen molar-refractivity contribution in [3.8, 4) is 5.75 Å². The third-order valence-corrected chi connectivity index (χ3v) is 4.30. The van der Waals surface area contributed by atoms with Crippen LogP contribution in [0.4, 0.5) is 10.1 Å². The smallest absolute Gasteiger partial charge is 0.167 e. The fourth-order valence-electron chi connectivity index (χ4n) is 3.25. The van der Waals surface area contributed by atoms with Gasteiger partial charge >= 0.3 is 0 Å². The van der Waals surface area contributed by atoms with Gasteiger partial charge in [-0.05, 0) is 44.9 Å². The van der Waals surface area contributed by atoms with Gasteiger partial charge in [0.05, 0.1) is 0 Å². The molecule has 3 rings (SSSR count). The summed E-state index contributed by atoms with van der Waals surface area (Å²) >= 11 is 0. The lowest BCUT2D eigenvalue weighted by Gasteiger charge is -2.36. The average molecular weight is 250 g/mol. The summed E-state index contributed by atoms with van der Waals surface area (Å²) < 4.78 is 19.5. The quantitative estimate of drug-likeness (QED) is 0.819. The van der Waals surface area contributed by atoms with Crippen molar-refractivity contribution in [3.05, 3.63) is 24.0 Å². The Kier molecular flexibility index (Phi) is 2.90. The molecule has 2 aliphatic rings. The zero-order valence-electron chi connectivity index (χ0n) is 10.6. The number of nitrogens with zero attached hydrogens (tertiary/aromatic N) is 1.